The predicted octanol–water partition coefficient (Wildman–Crippen LogP) is 5.13. The molecule has 132 valence electrons. The van der Waals surface area contributed by atoms with Crippen molar-refractivity contribution < 1.29 is 14.3 Å². The SMILES string of the molecule is CCCOC(=O)C(C)c1ccc(C(=O)c2ccc3ccccc3c2)cc1. The summed E-state index contributed by atoms with van der Waals surface area (Å²) in [6.07, 6.45) is 0.803. The topological polar surface area (TPSA) is 43.4 Å². The van der Waals surface area contributed by atoms with Gasteiger partial charge in [0.25, 0.3) is 0 Å². The smallest absolute Gasteiger partial charge is 0.313 e. The largest absolute Gasteiger partial charge is 0.465 e. The average Bonchev–Trinajstić information content (AvgIpc) is 2.70. The van der Waals surface area contributed by atoms with Gasteiger partial charge in [0.05, 0.1) is 12.5 Å². The summed E-state index contributed by atoms with van der Waals surface area (Å²) >= 11 is 0. The van der Waals surface area contributed by atoms with Crippen molar-refractivity contribution in [3.8, 4) is 0 Å². The van der Waals surface area contributed by atoms with E-state index >= 15 is 0 Å². The molecule has 3 aromatic carbocycles. The van der Waals surface area contributed by atoms with Gasteiger partial charge in [-0.05, 0) is 35.7 Å². The molecule has 3 nitrogen and oxygen atoms in total. The highest BCUT2D eigenvalue weighted by molar-refractivity contribution is 6.10. The maximum absolute atomic E-state index is 12.8. The molecule has 0 aliphatic carbocycles. The van der Waals surface area contributed by atoms with Crippen LogP contribution in [-0.2, 0) is 9.53 Å². The van der Waals surface area contributed by atoms with Gasteiger partial charge in [-0.25, -0.2) is 0 Å². The fraction of sp³-hybridized carbons (Fsp3) is 0.217. The van der Waals surface area contributed by atoms with Crippen molar-refractivity contribution >= 4 is 22.5 Å². The first-order valence-corrected chi connectivity index (χ1v) is 8.90. The summed E-state index contributed by atoms with van der Waals surface area (Å²) in [5.41, 5.74) is 2.12. The molecule has 0 aliphatic rings. The number of hydrogen-bond acceptors (Lipinski definition) is 3. The van der Waals surface area contributed by atoms with Gasteiger partial charge in [0.1, 0.15) is 0 Å². The Labute approximate surface area is 153 Å². The second kappa shape index (κ2) is 7.96. The standard InChI is InChI=1S/C23H22O3/c1-3-14-26-23(25)16(2)17-8-11-19(12-9-17)22(24)21-13-10-18-6-4-5-7-20(18)15-21/h4-13,15-16H,3,14H2,1-2H3. The minimum Gasteiger partial charge on any atom is -0.465 e. The molecular formula is C23H22O3. The molecule has 3 rings (SSSR count). The summed E-state index contributed by atoms with van der Waals surface area (Å²) in [6, 6.07) is 20.9. The van der Waals surface area contributed by atoms with Crippen LogP contribution in [0.15, 0.2) is 66.7 Å². The van der Waals surface area contributed by atoms with Gasteiger partial charge in [0.15, 0.2) is 5.78 Å². The van der Waals surface area contributed by atoms with Crippen LogP contribution in [0.1, 0.15) is 47.7 Å². The zero-order chi connectivity index (χ0) is 18.5. The van der Waals surface area contributed by atoms with E-state index in [9.17, 15) is 9.59 Å². The first-order chi connectivity index (χ1) is 12.6. The van der Waals surface area contributed by atoms with E-state index < -0.39 is 0 Å². The van der Waals surface area contributed by atoms with Crippen LogP contribution >= 0.6 is 0 Å². The van der Waals surface area contributed by atoms with Crippen molar-refractivity contribution in [2.45, 2.75) is 26.2 Å². The van der Waals surface area contributed by atoms with E-state index in [4.69, 9.17) is 4.74 Å². The summed E-state index contributed by atoms with van der Waals surface area (Å²) in [7, 11) is 0. The van der Waals surface area contributed by atoms with Crippen LogP contribution in [0.2, 0.25) is 0 Å². The van der Waals surface area contributed by atoms with Crippen molar-refractivity contribution in [1.82, 2.24) is 0 Å². The Morgan fingerprint density at radius 1 is 0.885 bits per heavy atom. The lowest BCUT2D eigenvalue weighted by Crippen LogP contribution is -2.14. The number of carbonyl (C=O) groups excluding carboxylic acids is 2. The highest BCUT2D eigenvalue weighted by atomic mass is 16.5. The van der Waals surface area contributed by atoms with Crippen LogP contribution in [0.4, 0.5) is 0 Å². The average molecular weight is 346 g/mol. The first kappa shape index (κ1) is 17.9. The van der Waals surface area contributed by atoms with Crippen molar-refractivity contribution in [2.24, 2.45) is 0 Å². The number of esters is 1. The van der Waals surface area contributed by atoms with Crippen LogP contribution < -0.4 is 0 Å². The Hall–Kier alpha value is -2.94. The van der Waals surface area contributed by atoms with Crippen molar-refractivity contribution in [1.29, 1.82) is 0 Å². The van der Waals surface area contributed by atoms with E-state index in [0.717, 1.165) is 22.8 Å². The van der Waals surface area contributed by atoms with Gasteiger partial charge in [-0.2, -0.15) is 0 Å². The maximum Gasteiger partial charge on any atom is 0.313 e. The summed E-state index contributed by atoms with van der Waals surface area (Å²) < 4.78 is 5.19. The zero-order valence-corrected chi connectivity index (χ0v) is 15.1. The van der Waals surface area contributed by atoms with Gasteiger partial charge in [-0.3, -0.25) is 9.59 Å². The number of rotatable bonds is 6. The molecule has 0 heterocycles. The molecule has 0 fully saturated rings. The molecule has 0 radical (unpaired) electrons. The molecule has 3 aromatic rings. The minimum absolute atomic E-state index is 0.0245. The summed E-state index contributed by atoms with van der Waals surface area (Å²) in [4.78, 5) is 24.7. The number of fused-ring (bicyclic) bond motifs is 1. The van der Waals surface area contributed by atoms with E-state index in [1.165, 1.54) is 0 Å². The van der Waals surface area contributed by atoms with Crippen LogP contribution in [-0.4, -0.2) is 18.4 Å². The number of ketones is 1. The quantitative estimate of drug-likeness (QED) is 0.459. The second-order valence-electron chi connectivity index (χ2n) is 6.40. The molecule has 0 amide bonds. The van der Waals surface area contributed by atoms with Crippen LogP contribution in [0.25, 0.3) is 10.8 Å². The highest BCUT2D eigenvalue weighted by Gasteiger charge is 2.17. The van der Waals surface area contributed by atoms with Crippen molar-refractivity contribution in [3.63, 3.8) is 0 Å². The molecule has 0 saturated carbocycles. The molecule has 0 saturated heterocycles. The van der Waals surface area contributed by atoms with Gasteiger partial charge in [0.2, 0.25) is 0 Å². The predicted molar refractivity (Wildman–Crippen MR) is 103 cm³/mol. The molecule has 0 aromatic heterocycles. The fourth-order valence-electron chi connectivity index (χ4n) is 2.88. The van der Waals surface area contributed by atoms with Gasteiger partial charge in [-0.1, -0.05) is 67.6 Å². The third-order valence-corrected chi connectivity index (χ3v) is 4.49. The number of carbonyl (C=O) groups is 2. The summed E-state index contributed by atoms with van der Waals surface area (Å²) in [6.45, 7) is 4.21. The van der Waals surface area contributed by atoms with Gasteiger partial charge in [0, 0.05) is 11.1 Å². The molecule has 0 spiro atoms. The minimum atomic E-state index is -0.341. The van der Waals surface area contributed by atoms with E-state index in [-0.39, 0.29) is 17.7 Å². The highest BCUT2D eigenvalue weighted by Crippen LogP contribution is 2.21. The van der Waals surface area contributed by atoms with Crippen LogP contribution in [0.5, 0.6) is 0 Å². The number of benzene rings is 3. The maximum atomic E-state index is 12.8. The molecule has 0 bridgehead atoms. The van der Waals surface area contributed by atoms with Gasteiger partial charge >= 0.3 is 5.97 Å². The van der Waals surface area contributed by atoms with Crippen molar-refractivity contribution in [2.75, 3.05) is 6.61 Å². The lowest BCUT2D eigenvalue weighted by Gasteiger charge is -2.12. The van der Waals surface area contributed by atoms with E-state index in [2.05, 4.69) is 0 Å². The first-order valence-electron chi connectivity index (χ1n) is 8.90. The molecule has 3 heteroatoms. The van der Waals surface area contributed by atoms with Crippen molar-refractivity contribution in [3.05, 3.63) is 83.4 Å². The molecular weight excluding hydrogens is 324 g/mol. The fourth-order valence-corrected chi connectivity index (χ4v) is 2.88. The Morgan fingerprint density at radius 3 is 2.23 bits per heavy atom. The number of hydrogen-bond donors (Lipinski definition) is 0. The summed E-state index contributed by atoms with van der Waals surface area (Å²) in [5.74, 6) is -0.602. The van der Waals surface area contributed by atoms with Crippen LogP contribution in [0.3, 0.4) is 0 Å². The lowest BCUT2D eigenvalue weighted by molar-refractivity contribution is -0.145. The Balaban J connectivity index is 1.78. The Bertz CT molecular complexity index is 926. The lowest BCUT2D eigenvalue weighted by atomic mass is 9.96. The van der Waals surface area contributed by atoms with E-state index in [1.807, 2.05) is 68.4 Å². The molecule has 1 unspecified atom stereocenters. The monoisotopic (exact) mass is 346 g/mol. The Morgan fingerprint density at radius 2 is 1.54 bits per heavy atom. The van der Waals surface area contributed by atoms with Crippen LogP contribution in [0, 0.1) is 0 Å². The summed E-state index contributed by atoms with van der Waals surface area (Å²) in [5, 5.41) is 2.15. The normalized spacial score (nSPS) is 11.9. The molecule has 26 heavy (non-hydrogen) atoms. The molecule has 0 aliphatic heterocycles. The molecule has 1 atom stereocenters. The third-order valence-electron chi connectivity index (χ3n) is 4.49. The zero-order valence-electron chi connectivity index (χ0n) is 15.1. The van der Waals surface area contributed by atoms with Gasteiger partial charge < -0.3 is 4.74 Å². The Kier molecular flexibility index (Phi) is 5.47. The second-order valence-corrected chi connectivity index (χ2v) is 6.40. The number of ether oxygens (including phenoxy) is 1. The molecule has 0 N–H and O–H groups in total. The van der Waals surface area contributed by atoms with E-state index in [1.54, 1.807) is 12.1 Å². The van der Waals surface area contributed by atoms with Gasteiger partial charge in [-0.15, -0.1) is 0 Å². The third kappa shape index (κ3) is 3.83. The van der Waals surface area contributed by atoms with E-state index in [0.29, 0.717) is 17.7 Å².